The molecule has 0 unspecified atom stereocenters. The highest BCUT2D eigenvalue weighted by Gasteiger charge is 1.99. The topological polar surface area (TPSA) is 24.7 Å². The van der Waals surface area contributed by atoms with E-state index in [1.54, 1.807) is 12.4 Å². The maximum Gasteiger partial charge on any atom is 0.134 e. The third-order valence-electron chi connectivity index (χ3n) is 2.08. The first-order chi connectivity index (χ1) is 7.65. The van der Waals surface area contributed by atoms with Crippen LogP contribution in [0.25, 0.3) is 0 Å². The lowest BCUT2D eigenvalue weighted by molar-refractivity contribution is 1.39. The van der Waals surface area contributed by atoms with Crippen LogP contribution in [-0.2, 0) is 0 Å². The van der Waals surface area contributed by atoms with Gasteiger partial charge in [-0.15, -0.1) is 0 Å². The van der Waals surface area contributed by atoms with Gasteiger partial charge in [0.25, 0.3) is 0 Å². The van der Waals surface area contributed by atoms with E-state index in [4.69, 9.17) is 11.6 Å². The third kappa shape index (κ3) is 3.63. The Labute approximate surface area is 101 Å². The molecule has 16 heavy (non-hydrogen) atoms. The number of nitrogens with zero attached hydrogens (tertiary/aromatic N) is 2. The highest BCUT2D eigenvalue weighted by molar-refractivity contribution is 6.69. The van der Waals surface area contributed by atoms with Gasteiger partial charge in [-0.3, -0.25) is 4.99 Å². The Morgan fingerprint density at radius 1 is 1.31 bits per heavy atom. The molecule has 0 fully saturated rings. The number of benzene rings is 1. The highest BCUT2D eigenvalue weighted by atomic mass is 35.5. The van der Waals surface area contributed by atoms with Gasteiger partial charge in [-0.1, -0.05) is 29.8 Å². The Hall–Kier alpha value is -1.41. The minimum absolute atomic E-state index is 0.472. The van der Waals surface area contributed by atoms with Crippen molar-refractivity contribution in [1.29, 1.82) is 0 Å². The van der Waals surface area contributed by atoms with Crippen LogP contribution in [0.15, 0.2) is 46.0 Å². The first-order valence-electron chi connectivity index (χ1n) is 5.10. The maximum atomic E-state index is 6.08. The summed E-state index contributed by atoms with van der Waals surface area (Å²) in [5.41, 5.74) is 2.84. The molecular weight excluding hydrogens is 220 g/mol. The molecule has 0 aliphatic rings. The van der Waals surface area contributed by atoms with Crippen LogP contribution in [0.3, 0.4) is 0 Å². The smallest absolute Gasteiger partial charge is 0.134 e. The van der Waals surface area contributed by atoms with Crippen LogP contribution in [-0.4, -0.2) is 11.4 Å². The summed E-state index contributed by atoms with van der Waals surface area (Å²) in [5, 5.41) is 0.472. The second kappa shape index (κ2) is 6.23. The molecule has 3 heteroatoms. The molecule has 1 aromatic rings. The van der Waals surface area contributed by atoms with Crippen molar-refractivity contribution in [3.8, 4) is 0 Å². The molecule has 0 bridgehead atoms. The van der Waals surface area contributed by atoms with E-state index < -0.39 is 0 Å². The van der Waals surface area contributed by atoms with E-state index in [1.165, 1.54) is 0 Å². The van der Waals surface area contributed by atoms with Crippen LogP contribution < -0.4 is 0 Å². The molecule has 0 N–H and O–H groups in total. The van der Waals surface area contributed by atoms with Crippen molar-refractivity contribution in [3.05, 3.63) is 41.6 Å². The number of hydrogen-bond donors (Lipinski definition) is 0. The normalized spacial score (nSPS) is 13.5. The summed E-state index contributed by atoms with van der Waals surface area (Å²) in [7, 11) is 0. The van der Waals surface area contributed by atoms with Crippen molar-refractivity contribution in [3.63, 3.8) is 0 Å². The van der Waals surface area contributed by atoms with Gasteiger partial charge >= 0.3 is 0 Å². The second-order valence-electron chi connectivity index (χ2n) is 3.41. The summed E-state index contributed by atoms with van der Waals surface area (Å²) >= 11 is 6.08. The molecule has 0 atom stereocenters. The summed E-state index contributed by atoms with van der Waals surface area (Å²) in [6.07, 6.45) is 3.41. The number of halogens is 1. The van der Waals surface area contributed by atoms with E-state index in [1.807, 2.05) is 45.0 Å². The maximum absolute atomic E-state index is 6.08. The summed E-state index contributed by atoms with van der Waals surface area (Å²) in [4.78, 5) is 8.36. The SMILES string of the molecule is CC=N/C=C(\C)C(Cl)=Nc1ccccc1C. The molecule has 1 aromatic carbocycles. The summed E-state index contributed by atoms with van der Waals surface area (Å²) in [6, 6.07) is 7.87. The lowest BCUT2D eigenvalue weighted by atomic mass is 10.2. The van der Waals surface area contributed by atoms with E-state index >= 15 is 0 Å². The van der Waals surface area contributed by atoms with Gasteiger partial charge < -0.3 is 0 Å². The molecule has 0 heterocycles. The van der Waals surface area contributed by atoms with Crippen LogP contribution in [0.5, 0.6) is 0 Å². The molecule has 0 aliphatic heterocycles. The van der Waals surface area contributed by atoms with Gasteiger partial charge in [-0.05, 0) is 32.4 Å². The predicted octanol–water partition coefficient (Wildman–Crippen LogP) is 4.26. The molecule has 0 saturated carbocycles. The van der Waals surface area contributed by atoms with E-state index in [-0.39, 0.29) is 0 Å². The monoisotopic (exact) mass is 234 g/mol. The predicted molar refractivity (Wildman–Crippen MR) is 72.1 cm³/mol. The Morgan fingerprint density at radius 2 is 2.00 bits per heavy atom. The molecule has 84 valence electrons. The average Bonchev–Trinajstić information content (AvgIpc) is 2.28. The van der Waals surface area contributed by atoms with Crippen LogP contribution in [0.4, 0.5) is 5.69 Å². The Balaban J connectivity index is 2.97. The number of aliphatic imine (C=N–C) groups is 2. The Kier molecular flexibility index (Phi) is 4.93. The second-order valence-corrected chi connectivity index (χ2v) is 3.77. The summed E-state index contributed by atoms with van der Waals surface area (Å²) < 4.78 is 0. The quantitative estimate of drug-likeness (QED) is 0.699. The molecule has 0 spiro atoms. The molecule has 0 aromatic heterocycles. The van der Waals surface area contributed by atoms with Gasteiger partial charge in [-0.2, -0.15) is 0 Å². The van der Waals surface area contributed by atoms with Gasteiger partial charge in [0.1, 0.15) is 5.17 Å². The highest BCUT2D eigenvalue weighted by Crippen LogP contribution is 2.19. The lowest BCUT2D eigenvalue weighted by Gasteiger charge is -2.01. The van der Waals surface area contributed by atoms with Gasteiger partial charge in [-0.25, -0.2) is 4.99 Å². The number of allylic oxidation sites excluding steroid dienone is 1. The molecule has 0 radical (unpaired) electrons. The van der Waals surface area contributed by atoms with Crippen LogP contribution in [0.2, 0.25) is 0 Å². The standard InChI is InChI=1S/C13H15ClN2/c1-4-15-9-11(3)13(14)16-12-8-6-5-7-10(12)2/h4-9H,1-3H3/b11-9+,15-4?,16-13?. The minimum Gasteiger partial charge on any atom is -0.269 e. The molecule has 0 saturated heterocycles. The fraction of sp³-hybridized carbons (Fsp3) is 0.231. The van der Waals surface area contributed by atoms with Crippen molar-refractivity contribution < 1.29 is 0 Å². The number of para-hydroxylation sites is 1. The van der Waals surface area contributed by atoms with Crippen molar-refractivity contribution in [2.45, 2.75) is 20.8 Å². The molecule has 1 rings (SSSR count). The fourth-order valence-electron chi connectivity index (χ4n) is 1.12. The van der Waals surface area contributed by atoms with E-state index in [0.717, 1.165) is 16.8 Å². The van der Waals surface area contributed by atoms with Crippen LogP contribution in [0.1, 0.15) is 19.4 Å². The van der Waals surface area contributed by atoms with E-state index in [0.29, 0.717) is 5.17 Å². The van der Waals surface area contributed by atoms with Gasteiger partial charge in [0.05, 0.1) is 5.69 Å². The zero-order chi connectivity index (χ0) is 12.0. The van der Waals surface area contributed by atoms with Gasteiger partial charge in [0.2, 0.25) is 0 Å². The lowest BCUT2D eigenvalue weighted by Crippen LogP contribution is -1.89. The summed E-state index contributed by atoms with van der Waals surface area (Å²) in [6.45, 7) is 5.75. The number of hydrogen-bond acceptors (Lipinski definition) is 2. The molecule has 0 amide bonds. The van der Waals surface area contributed by atoms with Crippen LogP contribution in [0, 0.1) is 6.92 Å². The van der Waals surface area contributed by atoms with Crippen molar-refractivity contribution in [1.82, 2.24) is 0 Å². The Morgan fingerprint density at radius 3 is 2.62 bits per heavy atom. The molecule has 0 aliphatic carbocycles. The number of aryl methyl sites for hydroxylation is 1. The average molecular weight is 235 g/mol. The summed E-state index contributed by atoms with van der Waals surface area (Å²) in [5.74, 6) is 0. The van der Waals surface area contributed by atoms with Crippen LogP contribution >= 0.6 is 11.6 Å². The largest absolute Gasteiger partial charge is 0.269 e. The van der Waals surface area contributed by atoms with Gasteiger partial charge in [0.15, 0.2) is 0 Å². The van der Waals surface area contributed by atoms with Gasteiger partial charge in [0, 0.05) is 18.0 Å². The van der Waals surface area contributed by atoms with Crippen molar-refractivity contribution in [2.75, 3.05) is 0 Å². The van der Waals surface area contributed by atoms with Crippen molar-refractivity contribution >= 4 is 28.7 Å². The Bertz CT molecular complexity index is 445. The third-order valence-corrected chi connectivity index (χ3v) is 2.46. The minimum atomic E-state index is 0.472. The zero-order valence-electron chi connectivity index (χ0n) is 9.74. The fourth-order valence-corrected chi connectivity index (χ4v) is 1.26. The zero-order valence-corrected chi connectivity index (χ0v) is 10.5. The van der Waals surface area contributed by atoms with Crippen molar-refractivity contribution in [2.24, 2.45) is 9.98 Å². The van der Waals surface area contributed by atoms with E-state index in [9.17, 15) is 0 Å². The molecular formula is C13H15ClN2. The first-order valence-corrected chi connectivity index (χ1v) is 5.47. The first kappa shape index (κ1) is 12.7. The molecule has 2 nitrogen and oxygen atoms in total. The van der Waals surface area contributed by atoms with E-state index in [2.05, 4.69) is 9.98 Å². The number of rotatable bonds is 3.